The Balaban J connectivity index is 0.00000228. The minimum Gasteiger partial charge on any atom is -0.508 e. The van der Waals surface area contributed by atoms with E-state index in [4.69, 9.17) is 10.5 Å². The van der Waals surface area contributed by atoms with Crippen molar-refractivity contribution in [2.24, 2.45) is 23.3 Å². The van der Waals surface area contributed by atoms with Crippen molar-refractivity contribution in [1.29, 1.82) is 0 Å². The first-order valence-corrected chi connectivity index (χ1v) is 19.7. The highest BCUT2D eigenvalue weighted by molar-refractivity contribution is 7.09. The number of ether oxygens (including phenoxy) is 1. The van der Waals surface area contributed by atoms with E-state index < -0.39 is 12.0 Å². The molecule has 13 heteroatoms. The van der Waals surface area contributed by atoms with Crippen molar-refractivity contribution in [3.8, 4) is 5.75 Å². The minimum atomic E-state index is -0.934. The van der Waals surface area contributed by atoms with Gasteiger partial charge in [-0.05, 0) is 68.7 Å². The van der Waals surface area contributed by atoms with Crippen LogP contribution in [0.15, 0.2) is 29.6 Å². The van der Waals surface area contributed by atoms with Crippen LogP contribution in [0, 0.1) is 11.8 Å². The first kappa shape index (κ1) is 48.5. The van der Waals surface area contributed by atoms with Gasteiger partial charge in [0.25, 0.3) is 5.91 Å². The summed E-state index contributed by atoms with van der Waals surface area (Å²) in [7, 11) is 1.50. The number of rotatable bonds is 23. The minimum absolute atomic E-state index is 0.0250. The fraction of sp³-hybridized carbons (Fsp3) is 0.667. The average Bonchev–Trinajstić information content (AvgIpc) is 3.61. The third-order valence-electron chi connectivity index (χ3n) is 8.41. The van der Waals surface area contributed by atoms with Crippen molar-refractivity contribution in [2.45, 2.75) is 137 Å². The zero-order valence-corrected chi connectivity index (χ0v) is 33.7. The van der Waals surface area contributed by atoms with E-state index in [9.17, 15) is 29.4 Å². The Bertz CT molecular complexity index is 1290. The number of nitrogens with one attached hydrogen (secondary N) is 1. The number of aliphatic carboxylic acids is 1. The Labute approximate surface area is 316 Å². The molecule has 2 aromatic rings. The topological polar surface area (TPSA) is 198 Å². The van der Waals surface area contributed by atoms with Gasteiger partial charge in [-0.3, -0.25) is 19.2 Å². The predicted octanol–water partition coefficient (Wildman–Crippen LogP) is 6.85. The lowest BCUT2D eigenvalue weighted by Gasteiger charge is -2.36. The first-order valence-electron chi connectivity index (χ1n) is 18.8. The number of carboxylic acids is 1. The summed E-state index contributed by atoms with van der Waals surface area (Å²) in [5.41, 5.74) is 10.6. The number of thiazole rings is 1. The van der Waals surface area contributed by atoms with Crippen LogP contribution in [0.5, 0.6) is 5.75 Å². The number of carboxylic acid groups (broad SMARTS) is 1. The first-order chi connectivity index (χ1) is 24.8. The second-order valence-electron chi connectivity index (χ2n) is 13.3. The number of carbonyl (C=O) groups is 4. The Hall–Kier alpha value is -3.55. The van der Waals surface area contributed by atoms with Crippen LogP contribution in [0.4, 0.5) is 0 Å². The van der Waals surface area contributed by atoms with Crippen LogP contribution >= 0.6 is 11.3 Å². The second-order valence-corrected chi connectivity index (χ2v) is 14.2. The summed E-state index contributed by atoms with van der Waals surface area (Å²) < 4.78 is 6.27. The summed E-state index contributed by atoms with van der Waals surface area (Å²) in [5.74, 6) is -0.519. The van der Waals surface area contributed by atoms with E-state index in [2.05, 4.69) is 43.7 Å². The molecule has 1 aromatic heterocycles. The van der Waals surface area contributed by atoms with Gasteiger partial charge in [-0.2, -0.15) is 0 Å². The predicted molar refractivity (Wildman–Crippen MR) is 209 cm³/mol. The van der Waals surface area contributed by atoms with E-state index in [1.807, 2.05) is 25.7 Å². The number of amides is 3. The van der Waals surface area contributed by atoms with E-state index in [1.165, 1.54) is 18.4 Å². The fourth-order valence-electron chi connectivity index (χ4n) is 5.39. The Morgan fingerprint density at radius 2 is 1.63 bits per heavy atom. The van der Waals surface area contributed by atoms with Gasteiger partial charge in [-0.25, -0.2) is 4.98 Å². The van der Waals surface area contributed by atoms with Gasteiger partial charge in [0, 0.05) is 56.3 Å². The molecule has 0 aliphatic rings. The van der Waals surface area contributed by atoms with Gasteiger partial charge in [0.05, 0.1) is 0 Å². The summed E-state index contributed by atoms with van der Waals surface area (Å²) in [5, 5.41) is 24.2. The number of aromatic hydroxyl groups is 1. The van der Waals surface area contributed by atoms with Gasteiger partial charge in [0.15, 0.2) is 0 Å². The summed E-state index contributed by atoms with van der Waals surface area (Å²) in [4.78, 5) is 54.6. The lowest BCUT2D eigenvalue weighted by Crippen LogP contribution is -2.44. The number of phenolic OH excluding ortho intramolecular Hbond substituents is 1. The van der Waals surface area contributed by atoms with Crippen molar-refractivity contribution < 1.29 is 34.1 Å². The molecule has 0 radical (unpaired) electrons. The van der Waals surface area contributed by atoms with Gasteiger partial charge < -0.3 is 36.6 Å². The number of hydrogen-bond acceptors (Lipinski definition) is 9. The van der Waals surface area contributed by atoms with Gasteiger partial charge in [-0.1, -0.05) is 73.4 Å². The molecule has 4 atom stereocenters. The number of phenols is 1. The number of unbranched alkanes of at least 4 members (excludes halogenated alkanes) is 1. The van der Waals surface area contributed by atoms with Crippen molar-refractivity contribution >= 4 is 35.0 Å². The number of hydrogen-bond donors (Lipinski definition) is 5. The molecule has 0 aliphatic heterocycles. The smallest absolute Gasteiger partial charge is 0.303 e. The molecule has 1 heterocycles. The maximum Gasteiger partial charge on any atom is 0.303 e. The van der Waals surface area contributed by atoms with Crippen LogP contribution in [-0.2, 0) is 25.5 Å². The van der Waals surface area contributed by atoms with Crippen LogP contribution in [-0.4, -0.2) is 76.1 Å². The zero-order chi connectivity index (χ0) is 39.6. The molecular weight excluding hydrogens is 683 g/mol. The van der Waals surface area contributed by atoms with Gasteiger partial charge in [-0.15, -0.1) is 11.3 Å². The monoisotopic (exact) mass is 749 g/mol. The summed E-state index contributed by atoms with van der Waals surface area (Å²) >= 11 is 1.37. The molecular formula is C39H67N5O7S. The molecule has 1 aromatic carbocycles. The Kier molecular flexibility index (Phi) is 26.1. The van der Waals surface area contributed by atoms with Gasteiger partial charge in [0.2, 0.25) is 11.8 Å². The SMILES string of the molecule is CCC(C)CC(N)=O.CCCCC(=O)N(CCC)C(CC(OCCC)c1nc(C(=O)NC(CCC(=O)O)Cc2ccc(O)cc2)cs1)C(C)C.CN. The van der Waals surface area contributed by atoms with Crippen LogP contribution < -0.4 is 16.8 Å². The van der Waals surface area contributed by atoms with E-state index in [-0.39, 0.29) is 60.1 Å². The van der Waals surface area contributed by atoms with Gasteiger partial charge >= 0.3 is 5.97 Å². The molecule has 0 aliphatic carbocycles. The average molecular weight is 750 g/mol. The van der Waals surface area contributed by atoms with E-state index in [1.54, 1.807) is 29.6 Å². The molecule has 7 N–H and O–H groups in total. The van der Waals surface area contributed by atoms with Crippen LogP contribution in [0.3, 0.4) is 0 Å². The molecule has 0 bridgehead atoms. The highest BCUT2D eigenvalue weighted by Crippen LogP contribution is 2.31. The number of primary amides is 1. The molecule has 0 saturated heterocycles. The number of aromatic nitrogens is 1. The van der Waals surface area contributed by atoms with E-state index >= 15 is 0 Å². The molecule has 52 heavy (non-hydrogen) atoms. The standard InChI is InChI=1S/C32H49N3O6S.C6H13NO.CH5N/c1-6-9-10-29(37)35(17-7-2)27(22(4)5)20-28(41-18-8-3)32-34-26(21-42-32)31(40)33-24(13-16-30(38)39)19-23-11-14-25(36)15-12-23;1-3-5(2)4-6(7)8;1-2/h11-12,14-15,21-22,24,27-28,36H,6-10,13,16-20H2,1-5H3,(H,33,40)(H,38,39);5H,3-4H2,1-2H3,(H2,7,8);2H2,1H3. The van der Waals surface area contributed by atoms with Crippen LogP contribution in [0.25, 0.3) is 0 Å². The fourth-order valence-corrected chi connectivity index (χ4v) is 6.25. The number of benzene rings is 1. The van der Waals surface area contributed by atoms with Crippen molar-refractivity contribution in [3.63, 3.8) is 0 Å². The lowest BCUT2D eigenvalue weighted by atomic mass is 9.95. The normalized spacial score (nSPS) is 13.0. The molecule has 0 spiro atoms. The maximum atomic E-state index is 13.3. The quantitative estimate of drug-likeness (QED) is 0.0807. The number of carbonyl (C=O) groups excluding carboxylic acids is 3. The molecule has 2 rings (SSSR count). The van der Waals surface area contributed by atoms with Gasteiger partial charge in [0.1, 0.15) is 22.6 Å². The summed E-state index contributed by atoms with van der Waals surface area (Å²) in [6.45, 7) is 15.8. The highest BCUT2D eigenvalue weighted by Gasteiger charge is 2.31. The second kappa shape index (κ2) is 28.0. The summed E-state index contributed by atoms with van der Waals surface area (Å²) in [6, 6.07) is 6.20. The van der Waals surface area contributed by atoms with Crippen molar-refractivity contribution in [1.82, 2.24) is 15.2 Å². The van der Waals surface area contributed by atoms with Crippen LogP contribution in [0.1, 0.15) is 140 Å². The van der Waals surface area contributed by atoms with Crippen molar-refractivity contribution in [2.75, 3.05) is 20.2 Å². The molecule has 3 amide bonds. The molecule has 0 saturated carbocycles. The van der Waals surface area contributed by atoms with Crippen LogP contribution in [0.2, 0.25) is 0 Å². The van der Waals surface area contributed by atoms with E-state index in [0.717, 1.165) is 37.7 Å². The molecule has 296 valence electrons. The highest BCUT2D eigenvalue weighted by atomic mass is 32.1. The third-order valence-corrected chi connectivity index (χ3v) is 9.35. The zero-order valence-electron chi connectivity index (χ0n) is 32.9. The largest absolute Gasteiger partial charge is 0.508 e. The Morgan fingerprint density at radius 3 is 2.13 bits per heavy atom. The van der Waals surface area contributed by atoms with E-state index in [0.29, 0.717) is 49.8 Å². The maximum absolute atomic E-state index is 13.3. The van der Waals surface area contributed by atoms with Crippen molar-refractivity contribution in [3.05, 3.63) is 45.9 Å². The Morgan fingerprint density at radius 1 is 0.981 bits per heavy atom. The third kappa shape index (κ3) is 19.9. The lowest BCUT2D eigenvalue weighted by molar-refractivity contribution is -0.137. The molecule has 4 unspecified atom stereocenters. The number of nitrogens with zero attached hydrogens (tertiary/aromatic N) is 2. The molecule has 12 nitrogen and oxygen atoms in total. The summed E-state index contributed by atoms with van der Waals surface area (Å²) in [6.07, 6.45) is 6.46. The molecule has 0 fully saturated rings. The number of nitrogens with two attached hydrogens (primary N) is 2.